The maximum absolute atomic E-state index is 14.8. The van der Waals surface area contributed by atoms with Gasteiger partial charge < -0.3 is 14.6 Å². The molecule has 0 aliphatic heterocycles. The Labute approximate surface area is 225 Å². The number of aromatic nitrogens is 5. The number of halogens is 7. The van der Waals surface area contributed by atoms with Gasteiger partial charge in [0.05, 0.1) is 34.5 Å². The van der Waals surface area contributed by atoms with Gasteiger partial charge >= 0.3 is 12.8 Å². The fourth-order valence-corrected chi connectivity index (χ4v) is 4.11. The summed E-state index contributed by atoms with van der Waals surface area (Å²) in [5, 5.41) is 8.13. The number of H-pyrrole nitrogens is 1. The molecule has 40 heavy (non-hydrogen) atoms. The number of nitrogens with zero attached hydrogens (tertiary/aromatic N) is 4. The molecule has 9 nitrogen and oxygen atoms in total. The smallest absolute Gasteiger partial charge is 0.378 e. The fraction of sp³-hybridized carbons (Fsp3) is 0.292. The lowest BCUT2D eigenvalue weighted by Crippen LogP contribution is -2.32. The third-order valence-electron chi connectivity index (χ3n) is 5.80. The summed E-state index contributed by atoms with van der Waals surface area (Å²) in [6.45, 7) is -3.87. The van der Waals surface area contributed by atoms with Crippen LogP contribution in [0.5, 0.6) is 0 Å². The number of hydrogen-bond donors (Lipinski definition) is 2. The van der Waals surface area contributed by atoms with Crippen LogP contribution >= 0.6 is 11.6 Å². The molecule has 0 amide bonds. The minimum Gasteiger partial charge on any atom is -0.378 e. The number of hydrogen-bond acceptors (Lipinski definition) is 7. The maximum atomic E-state index is 14.8. The Balaban J connectivity index is 1.52. The molecule has 3 aromatic heterocycles. The van der Waals surface area contributed by atoms with Crippen molar-refractivity contribution in [1.82, 2.24) is 24.7 Å². The van der Waals surface area contributed by atoms with Crippen LogP contribution in [0, 0.1) is 5.82 Å². The van der Waals surface area contributed by atoms with Gasteiger partial charge in [0, 0.05) is 31.2 Å². The molecular weight excluding hydrogens is 570 g/mol. The molecule has 16 heteroatoms. The average molecular weight is 589 g/mol. The van der Waals surface area contributed by atoms with E-state index in [9.17, 15) is 35.9 Å². The molecule has 4 rings (SSSR count). The number of ether oxygens (including phenoxy) is 1. The summed E-state index contributed by atoms with van der Waals surface area (Å²) < 4.78 is 85.8. The quantitative estimate of drug-likeness (QED) is 0.255. The standard InChI is InChI=1S/C24H19ClF6N6O3/c25-13-8-32-20(33-9-13)16-6-12-3-5-37(22(39)15(12)7-17(16)26)4-1-2-14(11-40-23(27)28)35-18-10-34-36-21(38)19(18)24(29,30)31/h3,5-10,14,23H,1-2,4,11H2,(H2,35,36,38)/t14-/m1/s1. The number of benzene rings is 1. The van der Waals surface area contributed by atoms with E-state index in [-0.39, 0.29) is 41.2 Å². The predicted octanol–water partition coefficient (Wildman–Crippen LogP) is 4.85. The van der Waals surface area contributed by atoms with E-state index in [0.29, 0.717) is 11.6 Å². The lowest BCUT2D eigenvalue weighted by molar-refractivity contribution is -0.138. The van der Waals surface area contributed by atoms with Crippen molar-refractivity contribution in [3.8, 4) is 11.4 Å². The van der Waals surface area contributed by atoms with Crippen LogP contribution in [0.2, 0.25) is 5.02 Å². The molecule has 0 saturated carbocycles. The van der Waals surface area contributed by atoms with E-state index in [1.165, 1.54) is 29.2 Å². The Bertz CT molecular complexity index is 1610. The summed E-state index contributed by atoms with van der Waals surface area (Å²) >= 11 is 5.77. The summed E-state index contributed by atoms with van der Waals surface area (Å²) in [5.74, 6) is -0.674. The minimum atomic E-state index is -5.04. The summed E-state index contributed by atoms with van der Waals surface area (Å²) in [4.78, 5) is 32.7. The predicted molar refractivity (Wildman–Crippen MR) is 133 cm³/mol. The average Bonchev–Trinajstić information content (AvgIpc) is 2.88. The molecule has 212 valence electrons. The van der Waals surface area contributed by atoms with Crippen molar-refractivity contribution >= 4 is 28.1 Å². The number of pyridine rings is 1. The van der Waals surface area contributed by atoms with Gasteiger partial charge in [-0.05, 0) is 36.4 Å². The second-order valence-corrected chi connectivity index (χ2v) is 8.96. The first kappa shape index (κ1) is 29.0. The van der Waals surface area contributed by atoms with Gasteiger partial charge in [-0.2, -0.15) is 27.1 Å². The van der Waals surface area contributed by atoms with Gasteiger partial charge in [0.2, 0.25) is 0 Å². The first-order chi connectivity index (χ1) is 18.9. The number of fused-ring (bicyclic) bond motifs is 1. The van der Waals surface area contributed by atoms with Crippen LogP contribution in [0.25, 0.3) is 22.2 Å². The zero-order valence-electron chi connectivity index (χ0n) is 20.2. The van der Waals surface area contributed by atoms with Crippen LogP contribution in [0.15, 0.2) is 52.6 Å². The SMILES string of the molecule is O=c1[nH]ncc(N[C@H](CCCn2ccc3cc(-c4ncc(Cl)cn4)c(F)cc3c2=O)COC(F)F)c1C(F)(F)F. The first-order valence-corrected chi connectivity index (χ1v) is 11.9. The van der Waals surface area contributed by atoms with Gasteiger partial charge in [0.1, 0.15) is 11.4 Å². The topological polar surface area (TPSA) is 115 Å². The van der Waals surface area contributed by atoms with E-state index in [2.05, 4.69) is 25.1 Å². The molecule has 1 aromatic carbocycles. The van der Waals surface area contributed by atoms with Crippen LogP contribution < -0.4 is 16.4 Å². The molecular formula is C24H19ClF6N6O3. The molecule has 0 fully saturated rings. The number of alkyl halides is 5. The Kier molecular flexibility index (Phi) is 8.73. The summed E-state index contributed by atoms with van der Waals surface area (Å²) in [7, 11) is 0. The van der Waals surface area contributed by atoms with E-state index in [4.69, 9.17) is 11.6 Å². The highest BCUT2D eigenvalue weighted by Gasteiger charge is 2.37. The largest absolute Gasteiger partial charge is 0.423 e. The first-order valence-electron chi connectivity index (χ1n) is 11.6. The highest BCUT2D eigenvalue weighted by molar-refractivity contribution is 6.30. The fourth-order valence-electron chi connectivity index (χ4n) is 4.01. The van der Waals surface area contributed by atoms with Gasteiger partial charge in [-0.3, -0.25) is 9.59 Å². The molecule has 0 aliphatic rings. The summed E-state index contributed by atoms with van der Waals surface area (Å²) in [5.41, 5.74) is -4.28. The number of nitrogens with one attached hydrogen (secondary N) is 2. The number of aryl methyl sites for hydroxylation is 1. The summed E-state index contributed by atoms with van der Waals surface area (Å²) in [6, 6.07) is 2.91. The molecule has 3 heterocycles. The Morgan fingerprint density at radius 1 is 1.12 bits per heavy atom. The van der Waals surface area contributed by atoms with E-state index < -0.39 is 53.6 Å². The number of rotatable bonds is 10. The van der Waals surface area contributed by atoms with Gasteiger partial charge in [-0.1, -0.05) is 11.6 Å². The van der Waals surface area contributed by atoms with Crippen molar-refractivity contribution in [3.05, 3.63) is 80.1 Å². The molecule has 0 aliphatic carbocycles. The maximum Gasteiger partial charge on any atom is 0.423 e. The molecule has 0 bridgehead atoms. The Morgan fingerprint density at radius 3 is 2.52 bits per heavy atom. The van der Waals surface area contributed by atoms with E-state index >= 15 is 0 Å². The van der Waals surface area contributed by atoms with Crippen molar-refractivity contribution in [3.63, 3.8) is 0 Å². The van der Waals surface area contributed by atoms with Crippen molar-refractivity contribution in [1.29, 1.82) is 0 Å². The van der Waals surface area contributed by atoms with Crippen LogP contribution in [-0.4, -0.2) is 44.0 Å². The molecule has 0 unspecified atom stereocenters. The van der Waals surface area contributed by atoms with Gasteiger partial charge in [-0.25, -0.2) is 19.5 Å². The number of anilines is 1. The third kappa shape index (κ3) is 6.77. The van der Waals surface area contributed by atoms with Gasteiger partial charge in [0.25, 0.3) is 11.1 Å². The van der Waals surface area contributed by atoms with Crippen LogP contribution in [0.3, 0.4) is 0 Å². The zero-order valence-corrected chi connectivity index (χ0v) is 20.9. The monoisotopic (exact) mass is 588 g/mol. The van der Waals surface area contributed by atoms with Crippen LogP contribution in [-0.2, 0) is 17.5 Å². The second-order valence-electron chi connectivity index (χ2n) is 8.52. The molecule has 4 aromatic rings. The van der Waals surface area contributed by atoms with Gasteiger partial charge in [-0.15, -0.1) is 0 Å². The van der Waals surface area contributed by atoms with E-state index in [1.807, 2.05) is 0 Å². The van der Waals surface area contributed by atoms with E-state index in [0.717, 1.165) is 6.07 Å². The van der Waals surface area contributed by atoms with Crippen molar-refractivity contribution < 1.29 is 31.1 Å². The number of aromatic amines is 1. The van der Waals surface area contributed by atoms with Crippen LogP contribution in [0.1, 0.15) is 18.4 Å². The molecule has 0 radical (unpaired) electrons. The highest BCUT2D eigenvalue weighted by atomic mass is 35.5. The lowest BCUT2D eigenvalue weighted by Gasteiger charge is -2.22. The van der Waals surface area contributed by atoms with Crippen molar-refractivity contribution in [2.45, 2.75) is 38.2 Å². The normalized spacial score (nSPS) is 12.7. The Hall–Kier alpha value is -3.98. The van der Waals surface area contributed by atoms with Gasteiger partial charge in [0.15, 0.2) is 5.82 Å². The molecule has 0 spiro atoms. The molecule has 2 N–H and O–H groups in total. The third-order valence-corrected chi connectivity index (χ3v) is 6.00. The zero-order chi connectivity index (χ0) is 29.0. The molecule has 1 atom stereocenters. The second kappa shape index (κ2) is 12.0. The lowest BCUT2D eigenvalue weighted by atomic mass is 10.1. The minimum absolute atomic E-state index is 0.0189. The van der Waals surface area contributed by atoms with Crippen molar-refractivity contribution in [2.24, 2.45) is 0 Å². The van der Waals surface area contributed by atoms with Crippen molar-refractivity contribution in [2.75, 3.05) is 11.9 Å². The molecule has 0 saturated heterocycles. The van der Waals surface area contributed by atoms with Crippen LogP contribution in [0.4, 0.5) is 32.0 Å². The Morgan fingerprint density at radius 2 is 1.85 bits per heavy atom. The van der Waals surface area contributed by atoms with E-state index in [1.54, 1.807) is 11.2 Å². The summed E-state index contributed by atoms with van der Waals surface area (Å²) in [6.07, 6.45) is -0.205. The highest BCUT2D eigenvalue weighted by Crippen LogP contribution is 2.32.